The Balaban J connectivity index is 1.75. The van der Waals surface area contributed by atoms with Crippen LogP contribution in [0, 0.1) is 0 Å². The first-order valence-corrected chi connectivity index (χ1v) is 6.37. The van der Waals surface area contributed by atoms with Crippen LogP contribution in [-0.2, 0) is 0 Å². The van der Waals surface area contributed by atoms with Gasteiger partial charge in [-0.05, 0) is 30.4 Å². The van der Waals surface area contributed by atoms with E-state index >= 15 is 0 Å². The number of hydrogen-bond donors (Lipinski definition) is 3. The number of rotatable bonds is 3. The predicted octanol–water partition coefficient (Wildman–Crippen LogP) is 2.17. The molecule has 1 aliphatic carbocycles. The molecule has 0 saturated heterocycles. The molecule has 88 valence electrons. The summed E-state index contributed by atoms with van der Waals surface area (Å²) in [5.74, 6) is 0. The van der Waals surface area contributed by atoms with Crippen molar-refractivity contribution >= 4 is 22.4 Å². The van der Waals surface area contributed by atoms with Gasteiger partial charge in [-0.15, -0.1) is 11.3 Å². The Bertz CT molecular complexity index is 345. The molecule has 1 aliphatic rings. The van der Waals surface area contributed by atoms with Gasteiger partial charge in [0, 0.05) is 6.54 Å². The van der Waals surface area contributed by atoms with Crippen molar-refractivity contribution in [1.29, 1.82) is 0 Å². The number of amides is 2. The van der Waals surface area contributed by atoms with Gasteiger partial charge in [0.1, 0.15) is 0 Å². The van der Waals surface area contributed by atoms with Crippen LogP contribution >= 0.6 is 11.3 Å². The second kappa shape index (κ2) is 4.84. The van der Waals surface area contributed by atoms with Crippen molar-refractivity contribution in [2.45, 2.75) is 31.3 Å². The van der Waals surface area contributed by atoms with Gasteiger partial charge in [-0.3, -0.25) is 5.32 Å². The van der Waals surface area contributed by atoms with E-state index in [1.807, 2.05) is 17.5 Å². The molecule has 1 aromatic rings. The predicted molar refractivity (Wildman–Crippen MR) is 64.8 cm³/mol. The molecule has 3 N–H and O–H groups in total. The molecule has 0 aliphatic heterocycles. The summed E-state index contributed by atoms with van der Waals surface area (Å²) in [6.07, 6.45) is 3.66. The minimum Gasteiger partial charge on any atom is -0.388 e. The highest BCUT2D eigenvalue weighted by Gasteiger charge is 2.31. The van der Waals surface area contributed by atoms with Crippen molar-refractivity contribution in [1.82, 2.24) is 5.32 Å². The number of nitrogens with one attached hydrogen (secondary N) is 2. The molecular formula is C11H16N2O2S. The van der Waals surface area contributed by atoms with Gasteiger partial charge in [-0.1, -0.05) is 12.8 Å². The van der Waals surface area contributed by atoms with Gasteiger partial charge in [0.25, 0.3) is 0 Å². The summed E-state index contributed by atoms with van der Waals surface area (Å²) in [4.78, 5) is 11.5. The molecule has 0 radical (unpaired) electrons. The molecule has 2 rings (SSSR count). The first-order valence-electron chi connectivity index (χ1n) is 5.49. The number of thiophene rings is 1. The van der Waals surface area contributed by atoms with Gasteiger partial charge in [0.05, 0.1) is 10.6 Å². The SMILES string of the molecule is O=C(NCC1(O)CCCC1)Nc1cccs1. The maximum atomic E-state index is 11.5. The minimum absolute atomic E-state index is 0.247. The minimum atomic E-state index is -0.688. The summed E-state index contributed by atoms with van der Waals surface area (Å²) >= 11 is 1.47. The van der Waals surface area contributed by atoms with E-state index in [-0.39, 0.29) is 6.03 Å². The molecule has 16 heavy (non-hydrogen) atoms. The Kier molecular flexibility index (Phi) is 3.46. The fraction of sp³-hybridized carbons (Fsp3) is 0.545. The Labute approximate surface area is 98.7 Å². The first kappa shape index (κ1) is 11.4. The Hall–Kier alpha value is -1.07. The lowest BCUT2D eigenvalue weighted by Gasteiger charge is -2.22. The number of urea groups is 1. The van der Waals surface area contributed by atoms with E-state index in [1.165, 1.54) is 11.3 Å². The summed E-state index contributed by atoms with van der Waals surface area (Å²) in [5, 5.41) is 18.2. The molecule has 4 nitrogen and oxygen atoms in total. The van der Waals surface area contributed by atoms with E-state index in [0.717, 1.165) is 30.7 Å². The first-order chi connectivity index (χ1) is 7.68. The Morgan fingerprint density at radius 2 is 2.25 bits per heavy atom. The van der Waals surface area contributed by atoms with Gasteiger partial charge in [-0.2, -0.15) is 0 Å². The van der Waals surface area contributed by atoms with Crippen LogP contribution in [-0.4, -0.2) is 23.3 Å². The molecular weight excluding hydrogens is 224 g/mol. The highest BCUT2D eigenvalue weighted by Crippen LogP contribution is 2.28. The van der Waals surface area contributed by atoms with Crippen LogP contribution in [0.25, 0.3) is 0 Å². The lowest BCUT2D eigenvalue weighted by molar-refractivity contribution is 0.0506. The third-order valence-corrected chi connectivity index (χ3v) is 3.66. The van der Waals surface area contributed by atoms with Crippen LogP contribution in [0.2, 0.25) is 0 Å². The van der Waals surface area contributed by atoms with Crippen LogP contribution in [0.15, 0.2) is 17.5 Å². The molecule has 0 aromatic carbocycles. The quantitative estimate of drug-likeness (QED) is 0.758. The van der Waals surface area contributed by atoms with E-state index in [0.29, 0.717) is 6.54 Å². The van der Waals surface area contributed by atoms with E-state index < -0.39 is 5.60 Å². The summed E-state index contributed by atoms with van der Waals surface area (Å²) < 4.78 is 0. The Morgan fingerprint density at radius 1 is 1.50 bits per heavy atom. The molecule has 1 aromatic heterocycles. The fourth-order valence-corrected chi connectivity index (χ4v) is 2.57. The number of carbonyl (C=O) groups excluding carboxylic acids is 1. The molecule has 0 atom stereocenters. The molecule has 1 saturated carbocycles. The molecule has 0 bridgehead atoms. The maximum Gasteiger partial charge on any atom is 0.319 e. The topological polar surface area (TPSA) is 61.4 Å². The molecule has 2 amide bonds. The van der Waals surface area contributed by atoms with Crippen LogP contribution in [0.4, 0.5) is 9.80 Å². The van der Waals surface area contributed by atoms with E-state index in [4.69, 9.17) is 0 Å². The summed E-state index contributed by atoms with van der Waals surface area (Å²) in [5.41, 5.74) is -0.688. The van der Waals surface area contributed by atoms with Gasteiger partial charge < -0.3 is 10.4 Å². The zero-order chi connectivity index (χ0) is 11.4. The third-order valence-electron chi connectivity index (χ3n) is 2.87. The average molecular weight is 240 g/mol. The van der Waals surface area contributed by atoms with Gasteiger partial charge in [-0.25, -0.2) is 4.79 Å². The normalized spacial score (nSPS) is 18.3. The standard InChI is InChI=1S/C11H16N2O2S/c14-10(13-9-4-3-7-16-9)12-8-11(15)5-1-2-6-11/h3-4,7,15H,1-2,5-6,8H2,(H2,12,13,14). The summed E-state index contributed by atoms with van der Waals surface area (Å²) in [7, 11) is 0. The van der Waals surface area contributed by atoms with Crippen molar-refractivity contribution < 1.29 is 9.90 Å². The van der Waals surface area contributed by atoms with Crippen molar-refractivity contribution in [3.8, 4) is 0 Å². The highest BCUT2D eigenvalue weighted by molar-refractivity contribution is 7.14. The van der Waals surface area contributed by atoms with Crippen LogP contribution in [0.3, 0.4) is 0 Å². The zero-order valence-corrected chi connectivity index (χ0v) is 9.85. The van der Waals surface area contributed by atoms with E-state index in [9.17, 15) is 9.90 Å². The largest absolute Gasteiger partial charge is 0.388 e. The molecule has 5 heteroatoms. The average Bonchev–Trinajstić information content (AvgIpc) is 2.88. The van der Waals surface area contributed by atoms with Crippen molar-refractivity contribution in [2.24, 2.45) is 0 Å². The summed E-state index contributed by atoms with van der Waals surface area (Å²) in [6.45, 7) is 0.338. The number of carbonyl (C=O) groups is 1. The van der Waals surface area contributed by atoms with Gasteiger partial charge in [0.15, 0.2) is 0 Å². The number of anilines is 1. The third kappa shape index (κ3) is 2.96. The fourth-order valence-electron chi connectivity index (χ4n) is 1.96. The van der Waals surface area contributed by atoms with Crippen LogP contribution < -0.4 is 10.6 Å². The smallest absolute Gasteiger partial charge is 0.319 e. The second-order valence-corrected chi connectivity index (χ2v) is 5.16. The highest BCUT2D eigenvalue weighted by atomic mass is 32.1. The molecule has 0 unspecified atom stereocenters. The lowest BCUT2D eigenvalue weighted by atomic mass is 10.0. The monoisotopic (exact) mass is 240 g/mol. The van der Waals surface area contributed by atoms with Crippen LogP contribution in [0.1, 0.15) is 25.7 Å². The van der Waals surface area contributed by atoms with Crippen LogP contribution in [0.5, 0.6) is 0 Å². The van der Waals surface area contributed by atoms with Crippen molar-refractivity contribution in [2.75, 3.05) is 11.9 Å². The Morgan fingerprint density at radius 3 is 2.88 bits per heavy atom. The van der Waals surface area contributed by atoms with Gasteiger partial charge >= 0.3 is 6.03 Å². The number of aliphatic hydroxyl groups is 1. The maximum absolute atomic E-state index is 11.5. The molecule has 0 spiro atoms. The van der Waals surface area contributed by atoms with Gasteiger partial charge in [0.2, 0.25) is 0 Å². The molecule has 1 heterocycles. The summed E-state index contributed by atoms with van der Waals surface area (Å²) in [6, 6.07) is 3.47. The van der Waals surface area contributed by atoms with Crippen molar-refractivity contribution in [3.05, 3.63) is 17.5 Å². The van der Waals surface area contributed by atoms with E-state index in [2.05, 4.69) is 10.6 Å². The number of hydrogen-bond acceptors (Lipinski definition) is 3. The second-order valence-electron chi connectivity index (χ2n) is 4.22. The zero-order valence-electron chi connectivity index (χ0n) is 9.03. The van der Waals surface area contributed by atoms with Crippen molar-refractivity contribution in [3.63, 3.8) is 0 Å². The lowest BCUT2D eigenvalue weighted by Crippen LogP contribution is -2.42. The van der Waals surface area contributed by atoms with E-state index in [1.54, 1.807) is 0 Å². The molecule has 1 fully saturated rings.